The Morgan fingerprint density at radius 1 is 1.44 bits per heavy atom. The van der Waals surface area contributed by atoms with Crippen LogP contribution in [0.25, 0.3) is 0 Å². The monoisotopic (exact) mass is 216 g/mol. The maximum absolute atomic E-state index is 5.56. The zero-order valence-corrected chi connectivity index (χ0v) is 9.43. The van der Waals surface area contributed by atoms with Crippen LogP contribution in [-0.4, -0.2) is 21.1 Å². The van der Waals surface area contributed by atoms with Gasteiger partial charge in [0.2, 0.25) is 0 Å². The summed E-state index contributed by atoms with van der Waals surface area (Å²) in [6.07, 6.45) is 6.37. The fraction of sp³-hybridized carbons (Fsp3) is 0.333. The molecule has 0 saturated carbocycles. The highest BCUT2D eigenvalue weighted by atomic mass is 15.1. The van der Waals surface area contributed by atoms with Crippen LogP contribution in [0.1, 0.15) is 17.0 Å². The molecule has 4 heteroatoms. The third-order valence-electron chi connectivity index (χ3n) is 2.64. The summed E-state index contributed by atoms with van der Waals surface area (Å²) in [6.45, 7) is 3.48. The fourth-order valence-corrected chi connectivity index (χ4v) is 1.69. The van der Waals surface area contributed by atoms with Crippen LogP contribution in [-0.2, 0) is 13.0 Å². The highest BCUT2D eigenvalue weighted by Gasteiger charge is 2.04. The lowest BCUT2D eigenvalue weighted by Gasteiger charge is -2.08. The van der Waals surface area contributed by atoms with Crippen molar-refractivity contribution in [3.8, 4) is 0 Å². The molecule has 0 saturated heterocycles. The number of aromatic nitrogens is 3. The molecule has 0 unspecified atom stereocenters. The van der Waals surface area contributed by atoms with Crippen molar-refractivity contribution in [2.75, 3.05) is 6.54 Å². The minimum absolute atomic E-state index is 0.646. The molecule has 0 fully saturated rings. The van der Waals surface area contributed by atoms with Gasteiger partial charge in [0.05, 0.1) is 18.6 Å². The van der Waals surface area contributed by atoms with Crippen molar-refractivity contribution in [1.29, 1.82) is 0 Å². The molecular weight excluding hydrogens is 200 g/mol. The molecule has 0 radical (unpaired) electrons. The summed E-state index contributed by atoms with van der Waals surface area (Å²) >= 11 is 0. The smallest absolute Gasteiger partial charge is 0.0951 e. The predicted molar refractivity (Wildman–Crippen MR) is 63.1 cm³/mol. The number of pyridine rings is 1. The van der Waals surface area contributed by atoms with E-state index in [2.05, 4.69) is 27.5 Å². The first-order chi connectivity index (χ1) is 7.81. The van der Waals surface area contributed by atoms with Crippen LogP contribution in [0, 0.1) is 6.92 Å². The quantitative estimate of drug-likeness (QED) is 0.833. The van der Waals surface area contributed by atoms with Gasteiger partial charge in [-0.25, -0.2) is 4.98 Å². The highest BCUT2D eigenvalue weighted by Crippen LogP contribution is 2.08. The van der Waals surface area contributed by atoms with E-state index in [0.717, 1.165) is 24.4 Å². The molecule has 2 rings (SSSR count). The molecule has 2 aromatic heterocycles. The summed E-state index contributed by atoms with van der Waals surface area (Å²) in [5.74, 6) is 0. The maximum atomic E-state index is 5.56. The Balaban J connectivity index is 2.20. The summed E-state index contributed by atoms with van der Waals surface area (Å²) in [5.41, 5.74) is 9.00. The van der Waals surface area contributed by atoms with Crippen LogP contribution in [0.3, 0.4) is 0 Å². The molecule has 4 nitrogen and oxygen atoms in total. The normalized spacial score (nSPS) is 10.6. The van der Waals surface area contributed by atoms with Crippen LogP contribution in [0.2, 0.25) is 0 Å². The van der Waals surface area contributed by atoms with Gasteiger partial charge < -0.3 is 10.3 Å². The average molecular weight is 216 g/mol. The van der Waals surface area contributed by atoms with Crippen LogP contribution in [0.15, 0.2) is 30.9 Å². The van der Waals surface area contributed by atoms with Crippen LogP contribution >= 0.6 is 0 Å². The van der Waals surface area contributed by atoms with E-state index in [1.54, 1.807) is 0 Å². The molecule has 0 aliphatic heterocycles. The van der Waals surface area contributed by atoms with Crippen molar-refractivity contribution >= 4 is 0 Å². The molecular formula is C12H16N4. The van der Waals surface area contributed by atoms with Crippen molar-refractivity contribution in [3.05, 3.63) is 47.8 Å². The summed E-state index contributed by atoms with van der Waals surface area (Å²) in [4.78, 5) is 8.52. The van der Waals surface area contributed by atoms with E-state index in [-0.39, 0.29) is 0 Å². The van der Waals surface area contributed by atoms with Crippen molar-refractivity contribution in [2.45, 2.75) is 19.9 Å². The van der Waals surface area contributed by atoms with Gasteiger partial charge in [-0.1, -0.05) is 6.07 Å². The van der Waals surface area contributed by atoms with Crippen LogP contribution < -0.4 is 5.73 Å². The number of nitrogens with two attached hydrogens (primary N) is 1. The van der Waals surface area contributed by atoms with Gasteiger partial charge in [0.25, 0.3) is 0 Å². The highest BCUT2D eigenvalue weighted by molar-refractivity contribution is 5.18. The second-order valence-corrected chi connectivity index (χ2v) is 3.82. The lowest BCUT2D eigenvalue weighted by Crippen LogP contribution is -2.10. The van der Waals surface area contributed by atoms with E-state index in [9.17, 15) is 0 Å². The molecule has 2 N–H and O–H groups in total. The van der Waals surface area contributed by atoms with Crippen molar-refractivity contribution in [3.63, 3.8) is 0 Å². The largest absolute Gasteiger partial charge is 0.330 e. The van der Waals surface area contributed by atoms with Gasteiger partial charge in [-0.2, -0.15) is 0 Å². The summed E-state index contributed by atoms with van der Waals surface area (Å²) in [5, 5.41) is 0. The van der Waals surface area contributed by atoms with E-state index >= 15 is 0 Å². The topological polar surface area (TPSA) is 56.7 Å². The van der Waals surface area contributed by atoms with Gasteiger partial charge in [0.1, 0.15) is 0 Å². The molecule has 2 heterocycles. The molecule has 0 aromatic carbocycles. The zero-order chi connectivity index (χ0) is 11.4. The van der Waals surface area contributed by atoms with E-state index in [1.165, 1.54) is 5.56 Å². The Morgan fingerprint density at radius 2 is 2.31 bits per heavy atom. The lowest BCUT2D eigenvalue weighted by atomic mass is 10.2. The van der Waals surface area contributed by atoms with Gasteiger partial charge in [0, 0.05) is 24.5 Å². The standard InChI is InChI=1S/C12H16N4/c1-10-3-2-6-15-12(10)8-16-9-14-7-11(16)4-5-13/h2-3,6-7,9H,4-5,8,13H2,1H3. The Bertz CT molecular complexity index is 462. The number of hydrogen-bond acceptors (Lipinski definition) is 3. The van der Waals surface area contributed by atoms with E-state index in [4.69, 9.17) is 5.73 Å². The molecule has 0 bridgehead atoms. The van der Waals surface area contributed by atoms with E-state index in [1.807, 2.05) is 24.8 Å². The number of nitrogens with zero attached hydrogens (tertiary/aromatic N) is 3. The molecule has 84 valence electrons. The second-order valence-electron chi connectivity index (χ2n) is 3.82. The van der Waals surface area contributed by atoms with Crippen molar-refractivity contribution < 1.29 is 0 Å². The molecule has 16 heavy (non-hydrogen) atoms. The van der Waals surface area contributed by atoms with Crippen LogP contribution in [0.4, 0.5) is 0 Å². The molecule has 0 atom stereocenters. The van der Waals surface area contributed by atoms with E-state index in [0.29, 0.717) is 6.54 Å². The van der Waals surface area contributed by atoms with E-state index < -0.39 is 0 Å². The number of imidazole rings is 1. The molecule has 0 aliphatic carbocycles. The number of aryl methyl sites for hydroxylation is 1. The average Bonchev–Trinajstić information content (AvgIpc) is 2.70. The first-order valence-corrected chi connectivity index (χ1v) is 5.41. The van der Waals surface area contributed by atoms with Gasteiger partial charge >= 0.3 is 0 Å². The zero-order valence-electron chi connectivity index (χ0n) is 9.43. The van der Waals surface area contributed by atoms with Gasteiger partial charge in [0.15, 0.2) is 0 Å². The SMILES string of the molecule is Cc1cccnc1Cn1cncc1CCN. The third-order valence-corrected chi connectivity index (χ3v) is 2.64. The minimum atomic E-state index is 0.646. The van der Waals surface area contributed by atoms with Crippen molar-refractivity contribution in [2.24, 2.45) is 5.73 Å². The molecule has 0 aliphatic rings. The molecule has 0 spiro atoms. The number of rotatable bonds is 4. The Labute approximate surface area is 95.1 Å². The Morgan fingerprint density at radius 3 is 3.06 bits per heavy atom. The van der Waals surface area contributed by atoms with Crippen LogP contribution in [0.5, 0.6) is 0 Å². The van der Waals surface area contributed by atoms with Gasteiger partial charge in [-0.15, -0.1) is 0 Å². The van der Waals surface area contributed by atoms with Gasteiger partial charge in [-0.05, 0) is 25.1 Å². The summed E-state index contributed by atoms with van der Waals surface area (Å²) < 4.78 is 2.10. The summed E-state index contributed by atoms with van der Waals surface area (Å²) in [7, 11) is 0. The first-order valence-electron chi connectivity index (χ1n) is 5.41. The first kappa shape index (κ1) is 10.8. The lowest BCUT2D eigenvalue weighted by molar-refractivity contribution is 0.714. The predicted octanol–water partition coefficient (Wildman–Crippen LogP) is 1.14. The molecule has 0 amide bonds. The molecule has 2 aromatic rings. The Kier molecular flexibility index (Phi) is 3.31. The second kappa shape index (κ2) is 4.90. The maximum Gasteiger partial charge on any atom is 0.0951 e. The van der Waals surface area contributed by atoms with Crippen molar-refractivity contribution in [1.82, 2.24) is 14.5 Å². The third kappa shape index (κ3) is 2.28. The minimum Gasteiger partial charge on any atom is -0.330 e. The summed E-state index contributed by atoms with van der Waals surface area (Å²) in [6, 6.07) is 4.02. The Hall–Kier alpha value is -1.68. The number of hydrogen-bond donors (Lipinski definition) is 1. The van der Waals surface area contributed by atoms with Gasteiger partial charge in [-0.3, -0.25) is 4.98 Å². The fourth-order valence-electron chi connectivity index (χ4n) is 1.69.